The van der Waals surface area contributed by atoms with E-state index in [1.165, 1.54) is 5.56 Å². The Balaban J connectivity index is 2.28. The second kappa shape index (κ2) is 6.25. The average Bonchev–Trinajstić information content (AvgIpc) is 2.40. The highest BCUT2D eigenvalue weighted by atomic mass is 16.5. The van der Waals surface area contributed by atoms with Crippen LogP contribution in [-0.4, -0.2) is 30.5 Å². The van der Waals surface area contributed by atoms with E-state index in [4.69, 9.17) is 4.74 Å². The minimum atomic E-state index is -0.115. The van der Waals surface area contributed by atoms with E-state index >= 15 is 0 Å². The lowest BCUT2D eigenvalue weighted by Crippen LogP contribution is -2.60. The molecule has 1 aromatic carbocycles. The molecule has 1 aliphatic rings. The zero-order valence-electron chi connectivity index (χ0n) is 12.8. The standard InChI is InChI=1S/C17H27NO2/c1-16(2)13-17(8-9-20-16,15(11-18)12-19)10-14-6-4-3-5-7-14/h3-7,15,19H,8-13,18H2,1-2H3/p+1/t15-,17+/m0/s1. The zero-order chi connectivity index (χ0) is 14.6. The first-order valence-corrected chi connectivity index (χ1v) is 7.59. The van der Waals surface area contributed by atoms with Crippen LogP contribution in [0, 0.1) is 11.3 Å². The molecule has 0 amide bonds. The molecule has 20 heavy (non-hydrogen) atoms. The van der Waals surface area contributed by atoms with Gasteiger partial charge in [-0.25, -0.2) is 0 Å². The number of rotatable bonds is 5. The molecule has 3 nitrogen and oxygen atoms in total. The van der Waals surface area contributed by atoms with Crippen molar-refractivity contribution in [1.29, 1.82) is 0 Å². The molecule has 1 heterocycles. The van der Waals surface area contributed by atoms with Crippen molar-refractivity contribution in [2.45, 2.75) is 38.7 Å². The maximum absolute atomic E-state index is 9.81. The van der Waals surface area contributed by atoms with Gasteiger partial charge in [-0.05, 0) is 44.1 Å². The minimum absolute atomic E-state index is 0.0968. The van der Waals surface area contributed by atoms with Crippen molar-refractivity contribution in [1.82, 2.24) is 0 Å². The molecule has 2 rings (SSSR count). The van der Waals surface area contributed by atoms with Gasteiger partial charge in [-0.2, -0.15) is 0 Å². The summed E-state index contributed by atoms with van der Waals surface area (Å²) >= 11 is 0. The maximum Gasteiger partial charge on any atom is 0.0796 e. The summed E-state index contributed by atoms with van der Waals surface area (Å²) < 4.78 is 5.90. The summed E-state index contributed by atoms with van der Waals surface area (Å²) in [7, 11) is 0. The summed E-state index contributed by atoms with van der Waals surface area (Å²) in [6, 6.07) is 10.6. The third-order valence-electron chi connectivity index (χ3n) is 4.70. The lowest BCUT2D eigenvalue weighted by Gasteiger charge is -2.48. The number of aliphatic hydroxyl groups excluding tert-OH is 1. The summed E-state index contributed by atoms with van der Waals surface area (Å²) in [5, 5.41) is 9.81. The number of hydrogen-bond acceptors (Lipinski definition) is 2. The molecule has 1 saturated heterocycles. The molecule has 1 aromatic rings. The van der Waals surface area contributed by atoms with Gasteiger partial charge in [0.2, 0.25) is 0 Å². The molecule has 0 aromatic heterocycles. The summed E-state index contributed by atoms with van der Waals surface area (Å²) in [4.78, 5) is 0. The summed E-state index contributed by atoms with van der Waals surface area (Å²) in [5.74, 6) is 0.242. The molecule has 112 valence electrons. The van der Waals surface area contributed by atoms with Crippen LogP contribution in [0.15, 0.2) is 30.3 Å². The molecule has 1 fully saturated rings. The smallest absolute Gasteiger partial charge is 0.0796 e. The van der Waals surface area contributed by atoms with Gasteiger partial charge in [-0.1, -0.05) is 30.3 Å². The van der Waals surface area contributed by atoms with E-state index in [2.05, 4.69) is 49.9 Å². The van der Waals surface area contributed by atoms with Gasteiger partial charge in [-0.3, -0.25) is 0 Å². The fourth-order valence-electron chi connectivity index (χ4n) is 3.76. The first-order chi connectivity index (χ1) is 9.51. The Morgan fingerprint density at radius 3 is 2.55 bits per heavy atom. The van der Waals surface area contributed by atoms with Gasteiger partial charge in [0.05, 0.1) is 18.8 Å². The lowest BCUT2D eigenvalue weighted by molar-refractivity contribution is -0.389. The molecule has 0 radical (unpaired) electrons. The molecular weight excluding hydrogens is 250 g/mol. The van der Waals surface area contributed by atoms with Crippen molar-refractivity contribution < 1.29 is 15.6 Å². The molecule has 0 aliphatic carbocycles. The third kappa shape index (κ3) is 3.40. The van der Waals surface area contributed by atoms with E-state index in [1.807, 2.05) is 0 Å². The van der Waals surface area contributed by atoms with Gasteiger partial charge >= 0.3 is 0 Å². The van der Waals surface area contributed by atoms with Gasteiger partial charge in [0.15, 0.2) is 0 Å². The largest absolute Gasteiger partial charge is 0.396 e. The topological polar surface area (TPSA) is 57.1 Å². The SMILES string of the molecule is CC1(C)C[C@@](Cc2ccccc2)([C@@H](C[NH3+])CO)CCO1. The number of benzene rings is 1. The van der Waals surface area contributed by atoms with Crippen LogP contribution in [0.25, 0.3) is 0 Å². The predicted molar refractivity (Wildman–Crippen MR) is 80.2 cm³/mol. The first kappa shape index (κ1) is 15.5. The van der Waals surface area contributed by atoms with E-state index in [-0.39, 0.29) is 23.5 Å². The quantitative estimate of drug-likeness (QED) is 0.860. The minimum Gasteiger partial charge on any atom is -0.396 e. The van der Waals surface area contributed by atoms with Crippen LogP contribution in [0.4, 0.5) is 0 Å². The van der Waals surface area contributed by atoms with Crippen LogP contribution < -0.4 is 5.73 Å². The Kier molecular flexibility index (Phi) is 4.84. The lowest BCUT2D eigenvalue weighted by atomic mass is 9.63. The van der Waals surface area contributed by atoms with Gasteiger partial charge in [0.1, 0.15) is 0 Å². The van der Waals surface area contributed by atoms with Gasteiger partial charge in [-0.15, -0.1) is 0 Å². The molecule has 0 unspecified atom stereocenters. The molecule has 0 spiro atoms. The second-order valence-electron chi connectivity index (χ2n) is 6.73. The first-order valence-electron chi connectivity index (χ1n) is 7.59. The Bertz CT molecular complexity index is 414. The van der Waals surface area contributed by atoms with Gasteiger partial charge in [0, 0.05) is 12.5 Å². The Morgan fingerprint density at radius 1 is 1.30 bits per heavy atom. The number of hydrogen-bond donors (Lipinski definition) is 2. The van der Waals surface area contributed by atoms with Crippen LogP contribution in [0.5, 0.6) is 0 Å². The Labute approximate surface area is 122 Å². The fraction of sp³-hybridized carbons (Fsp3) is 0.647. The summed E-state index contributed by atoms with van der Waals surface area (Å²) in [6.45, 7) is 6.08. The Morgan fingerprint density at radius 2 is 2.00 bits per heavy atom. The molecule has 0 saturated carbocycles. The monoisotopic (exact) mass is 278 g/mol. The number of aliphatic hydroxyl groups is 1. The van der Waals surface area contributed by atoms with Crippen LogP contribution in [0.1, 0.15) is 32.3 Å². The van der Waals surface area contributed by atoms with Crippen molar-refractivity contribution in [2.75, 3.05) is 19.8 Å². The molecular formula is C17H28NO2+. The van der Waals surface area contributed by atoms with Crippen molar-refractivity contribution in [3.05, 3.63) is 35.9 Å². The van der Waals surface area contributed by atoms with E-state index in [9.17, 15) is 5.11 Å². The van der Waals surface area contributed by atoms with Crippen molar-refractivity contribution in [3.8, 4) is 0 Å². The van der Waals surface area contributed by atoms with Crippen LogP contribution >= 0.6 is 0 Å². The summed E-state index contributed by atoms with van der Waals surface area (Å²) in [5.41, 5.74) is 5.39. The Hall–Kier alpha value is -0.900. The molecule has 3 heteroatoms. The van der Waals surface area contributed by atoms with Crippen molar-refractivity contribution in [3.63, 3.8) is 0 Å². The number of quaternary nitrogens is 1. The molecule has 4 N–H and O–H groups in total. The number of ether oxygens (including phenoxy) is 1. The van der Waals surface area contributed by atoms with E-state index in [1.54, 1.807) is 0 Å². The van der Waals surface area contributed by atoms with Crippen molar-refractivity contribution >= 4 is 0 Å². The van der Waals surface area contributed by atoms with Gasteiger partial charge < -0.3 is 15.6 Å². The second-order valence-corrected chi connectivity index (χ2v) is 6.73. The molecule has 1 aliphatic heterocycles. The van der Waals surface area contributed by atoms with Crippen LogP contribution in [0.2, 0.25) is 0 Å². The molecule has 2 atom stereocenters. The van der Waals surface area contributed by atoms with Crippen LogP contribution in [-0.2, 0) is 11.2 Å². The van der Waals surface area contributed by atoms with Crippen molar-refractivity contribution in [2.24, 2.45) is 11.3 Å². The predicted octanol–water partition coefficient (Wildman–Crippen LogP) is 1.65. The van der Waals surface area contributed by atoms with Crippen LogP contribution in [0.3, 0.4) is 0 Å². The average molecular weight is 278 g/mol. The highest BCUT2D eigenvalue weighted by Gasteiger charge is 2.46. The maximum atomic E-state index is 9.81. The third-order valence-corrected chi connectivity index (χ3v) is 4.70. The summed E-state index contributed by atoms with van der Waals surface area (Å²) in [6.07, 6.45) is 2.99. The van der Waals surface area contributed by atoms with E-state index < -0.39 is 0 Å². The van der Waals surface area contributed by atoms with E-state index in [0.717, 1.165) is 32.4 Å². The fourth-order valence-corrected chi connectivity index (χ4v) is 3.76. The van der Waals surface area contributed by atoms with Gasteiger partial charge in [0.25, 0.3) is 0 Å². The molecule has 0 bridgehead atoms. The normalized spacial score (nSPS) is 27.2. The zero-order valence-corrected chi connectivity index (χ0v) is 12.8. The highest BCUT2D eigenvalue weighted by molar-refractivity contribution is 5.18. The van der Waals surface area contributed by atoms with E-state index in [0.29, 0.717) is 0 Å². The highest BCUT2D eigenvalue weighted by Crippen LogP contribution is 2.46.